The number of nitrogens with one attached hydrogen (secondary N) is 1. The first kappa shape index (κ1) is 12.8. The van der Waals surface area contributed by atoms with E-state index in [0.29, 0.717) is 22.8 Å². The molecular weight excluding hydrogens is 236 g/mol. The summed E-state index contributed by atoms with van der Waals surface area (Å²) in [7, 11) is 1.68. The van der Waals surface area contributed by atoms with Gasteiger partial charge >= 0.3 is 0 Å². The van der Waals surface area contributed by atoms with Crippen LogP contribution in [0.25, 0.3) is 0 Å². The topological polar surface area (TPSA) is 34.1 Å². The average Bonchev–Trinajstić information content (AvgIpc) is 2.86. The van der Waals surface area contributed by atoms with Crippen LogP contribution in [0.4, 0.5) is 5.69 Å². The van der Waals surface area contributed by atoms with Crippen molar-refractivity contribution in [3.05, 3.63) is 18.3 Å². The van der Waals surface area contributed by atoms with E-state index in [2.05, 4.69) is 37.1 Å². The van der Waals surface area contributed by atoms with Crippen molar-refractivity contribution in [2.45, 2.75) is 46.1 Å². The van der Waals surface area contributed by atoms with E-state index in [1.807, 2.05) is 6.07 Å². The molecule has 2 aliphatic carbocycles. The maximum atomic E-state index is 5.36. The SMILES string of the molecule is COc1ncccc1NC1C2(C)CCC(C2)C1(C)C. The minimum atomic E-state index is 0.341. The van der Waals surface area contributed by atoms with Crippen LogP contribution < -0.4 is 10.1 Å². The molecule has 19 heavy (non-hydrogen) atoms. The van der Waals surface area contributed by atoms with Gasteiger partial charge in [0.2, 0.25) is 5.88 Å². The maximum absolute atomic E-state index is 5.36. The summed E-state index contributed by atoms with van der Waals surface area (Å²) in [5.74, 6) is 1.54. The van der Waals surface area contributed by atoms with E-state index in [9.17, 15) is 0 Å². The zero-order valence-corrected chi connectivity index (χ0v) is 12.4. The van der Waals surface area contributed by atoms with Crippen molar-refractivity contribution in [2.24, 2.45) is 16.7 Å². The van der Waals surface area contributed by atoms with Gasteiger partial charge < -0.3 is 10.1 Å². The van der Waals surface area contributed by atoms with E-state index < -0.39 is 0 Å². The molecule has 3 nitrogen and oxygen atoms in total. The van der Waals surface area contributed by atoms with Gasteiger partial charge in [-0.05, 0) is 48.1 Å². The lowest BCUT2D eigenvalue weighted by molar-refractivity contribution is 0.155. The zero-order chi connectivity index (χ0) is 13.7. The number of fused-ring (bicyclic) bond motifs is 2. The highest BCUT2D eigenvalue weighted by molar-refractivity contribution is 5.53. The summed E-state index contributed by atoms with van der Waals surface area (Å²) in [4.78, 5) is 4.29. The molecule has 0 aliphatic heterocycles. The summed E-state index contributed by atoms with van der Waals surface area (Å²) in [6.07, 6.45) is 5.84. The molecule has 3 atom stereocenters. The van der Waals surface area contributed by atoms with Gasteiger partial charge in [-0.25, -0.2) is 4.98 Å². The predicted octanol–water partition coefficient (Wildman–Crippen LogP) is 3.72. The number of rotatable bonds is 3. The van der Waals surface area contributed by atoms with Crippen molar-refractivity contribution in [1.29, 1.82) is 0 Å². The molecule has 3 heteroatoms. The largest absolute Gasteiger partial charge is 0.480 e. The molecule has 0 saturated heterocycles. The van der Waals surface area contributed by atoms with E-state index in [4.69, 9.17) is 4.74 Å². The van der Waals surface area contributed by atoms with Gasteiger partial charge in [-0.3, -0.25) is 0 Å². The van der Waals surface area contributed by atoms with E-state index in [1.165, 1.54) is 19.3 Å². The van der Waals surface area contributed by atoms with E-state index in [-0.39, 0.29) is 0 Å². The molecule has 2 aliphatic rings. The Morgan fingerprint density at radius 3 is 2.79 bits per heavy atom. The highest BCUT2D eigenvalue weighted by Gasteiger charge is 2.59. The van der Waals surface area contributed by atoms with Gasteiger partial charge in [0.05, 0.1) is 12.8 Å². The summed E-state index contributed by atoms with van der Waals surface area (Å²) in [5.41, 5.74) is 1.78. The first-order valence-corrected chi connectivity index (χ1v) is 7.23. The molecule has 1 aromatic heterocycles. The molecule has 1 aromatic rings. The lowest BCUT2D eigenvalue weighted by Gasteiger charge is -2.43. The fraction of sp³-hybridized carbons (Fsp3) is 0.688. The number of hydrogen-bond donors (Lipinski definition) is 1. The monoisotopic (exact) mass is 260 g/mol. The van der Waals surface area contributed by atoms with Gasteiger partial charge in [-0.1, -0.05) is 20.8 Å². The first-order chi connectivity index (χ1) is 8.97. The summed E-state index contributed by atoms with van der Waals surface area (Å²) in [6.45, 7) is 7.24. The van der Waals surface area contributed by atoms with E-state index in [1.54, 1.807) is 13.3 Å². The van der Waals surface area contributed by atoms with Gasteiger partial charge in [-0.2, -0.15) is 0 Å². The number of ether oxygens (including phenoxy) is 1. The van der Waals surface area contributed by atoms with Crippen LogP contribution in [0.2, 0.25) is 0 Å². The Hall–Kier alpha value is -1.25. The van der Waals surface area contributed by atoms with Gasteiger partial charge in [0.15, 0.2) is 0 Å². The van der Waals surface area contributed by atoms with Crippen LogP contribution in [0.3, 0.4) is 0 Å². The van der Waals surface area contributed by atoms with Gasteiger partial charge in [0, 0.05) is 12.2 Å². The molecule has 1 N–H and O–H groups in total. The van der Waals surface area contributed by atoms with Crippen molar-refractivity contribution in [2.75, 3.05) is 12.4 Å². The first-order valence-electron chi connectivity index (χ1n) is 7.23. The molecule has 0 radical (unpaired) electrons. The van der Waals surface area contributed by atoms with Gasteiger partial charge in [0.25, 0.3) is 0 Å². The van der Waals surface area contributed by atoms with Gasteiger partial charge in [0.1, 0.15) is 0 Å². The van der Waals surface area contributed by atoms with Crippen molar-refractivity contribution < 1.29 is 4.74 Å². The van der Waals surface area contributed by atoms with Crippen LogP contribution in [-0.4, -0.2) is 18.1 Å². The fourth-order valence-electron chi connectivity index (χ4n) is 4.48. The average molecular weight is 260 g/mol. The number of pyridine rings is 1. The molecule has 3 unspecified atom stereocenters. The maximum Gasteiger partial charge on any atom is 0.237 e. The fourth-order valence-corrected chi connectivity index (χ4v) is 4.48. The number of nitrogens with zero attached hydrogens (tertiary/aromatic N) is 1. The molecular formula is C16H24N2O. The van der Waals surface area contributed by atoms with Crippen LogP contribution in [0.15, 0.2) is 18.3 Å². The highest BCUT2D eigenvalue weighted by atomic mass is 16.5. The predicted molar refractivity (Wildman–Crippen MR) is 77.4 cm³/mol. The molecule has 3 rings (SSSR count). The highest BCUT2D eigenvalue weighted by Crippen LogP contribution is 2.63. The van der Waals surface area contributed by atoms with E-state index in [0.717, 1.165) is 11.6 Å². The van der Waals surface area contributed by atoms with Crippen molar-refractivity contribution >= 4 is 5.69 Å². The number of aromatic nitrogens is 1. The molecule has 2 bridgehead atoms. The second-order valence-electron chi connectivity index (χ2n) is 7.05. The summed E-state index contributed by atoms with van der Waals surface area (Å²) >= 11 is 0. The third kappa shape index (κ3) is 1.82. The summed E-state index contributed by atoms with van der Waals surface area (Å²) < 4.78 is 5.36. The molecule has 2 fully saturated rings. The Labute approximate surface area is 115 Å². The second kappa shape index (κ2) is 4.12. The van der Waals surface area contributed by atoms with Crippen LogP contribution >= 0.6 is 0 Å². The summed E-state index contributed by atoms with van der Waals surface area (Å²) in [5, 5.41) is 3.74. The number of methoxy groups -OCH3 is 1. The third-order valence-corrected chi connectivity index (χ3v) is 5.53. The normalized spacial score (nSPS) is 35.4. The molecule has 2 saturated carbocycles. The quantitative estimate of drug-likeness (QED) is 0.899. The Morgan fingerprint density at radius 2 is 2.16 bits per heavy atom. The Morgan fingerprint density at radius 1 is 1.37 bits per heavy atom. The molecule has 1 heterocycles. The van der Waals surface area contributed by atoms with Crippen molar-refractivity contribution in [3.63, 3.8) is 0 Å². The van der Waals surface area contributed by atoms with Crippen molar-refractivity contribution in [1.82, 2.24) is 4.98 Å². The number of hydrogen-bond acceptors (Lipinski definition) is 3. The third-order valence-electron chi connectivity index (χ3n) is 5.53. The minimum Gasteiger partial charge on any atom is -0.480 e. The van der Waals surface area contributed by atoms with Gasteiger partial charge in [-0.15, -0.1) is 0 Å². The summed E-state index contributed by atoms with van der Waals surface area (Å²) in [6, 6.07) is 4.53. The van der Waals surface area contributed by atoms with Crippen LogP contribution in [0.5, 0.6) is 5.88 Å². The Bertz CT molecular complexity index is 481. The van der Waals surface area contributed by atoms with E-state index >= 15 is 0 Å². The molecule has 104 valence electrons. The minimum absolute atomic E-state index is 0.341. The lowest BCUT2D eigenvalue weighted by Crippen LogP contribution is -2.45. The van der Waals surface area contributed by atoms with Crippen LogP contribution in [0.1, 0.15) is 40.0 Å². The Balaban J connectivity index is 1.90. The molecule has 0 aromatic carbocycles. The Kier molecular flexibility index (Phi) is 2.77. The standard InChI is InChI=1S/C16H24N2O/c1-15(2)11-7-8-16(3,10-11)14(15)18-12-6-5-9-17-13(12)19-4/h5-6,9,11,14,18H,7-8,10H2,1-4H3. The van der Waals surface area contributed by atoms with Crippen LogP contribution in [0, 0.1) is 16.7 Å². The smallest absolute Gasteiger partial charge is 0.237 e. The molecule has 0 amide bonds. The second-order valence-corrected chi connectivity index (χ2v) is 7.05. The van der Waals surface area contributed by atoms with Crippen LogP contribution in [-0.2, 0) is 0 Å². The lowest BCUT2D eigenvalue weighted by atomic mass is 9.68. The van der Waals surface area contributed by atoms with Crippen molar-refractivity contribution in [3.8, 4) is 5.88 Å². The zero-order valence-electron chi connectivity index (χ0n) is 12.4. The molecule has 0 spiro atoms. The number of anilines is 1.